The van der Waals surface area contributed by atoms with Crippen LogP contribution in [0.4, 0.5) is 4.79 Å². The van der Waals surface area contributed by atoms with Crippen LogP contribution in [0.3, 0.4) is 0 Å². The summed E-state index contributed by atoms with van der Waals surface area (Å²) in [5, 5.41) is 11.9. The molecule has 1 aromatic carbocycles. The number of rotatable bonds is 7. The molecule has 1 aromatic rings. The van der Waals surface area contributed by atoms with Crippen molar-refractivity contribution >= 4 is 12.0 Å². The van der Waals surface area contributed by atoms with E-state index >= 15 is 0 Å². The van der Waals surface area contributed by atoms with Gasteiger partial charge in [-0.25, -0.2) is 9.59 Å². The summed E-state index contributed by atoms with van der Waals surface area (Å²) >= 11 is 0. The predicted molar refractivity (Wildman–Crippen MR) is 82.1 cm³/mol. The summed E-state index contributed by atoms with van der Waals surface area (Å²) in [7, 11) is 0. The Hall–Kier alpha value is -2.30. The molecule has 21 heavy (non-hydrogen) atoms. The monoisotopic (exact) mass is 290 g/mol. The van der Waals surface area contributed by atoms with Gasteiger partial charge in [0, 0.05) is 19.0 Å². The molecule has 0 aromatic heterocycles. The molecule has 1 rings (SSSR count). The Labute approximate surface area is 125 Å². The maximum atomic E-state index is 12.2. The normalized spacial score (nSPS) is 11.8. The second-order valence-corrected chi connectivity index (χ2v) is 5.06. The number of amides is 2. The van der Waals surface area contributed by atoms with Gasteiger partial charge in [-0.1, -0.05) is 36.4 Å². The summed E-state index contributed by atoms with van der Waals surface area (Å²) in [4.78, 5) is 25.1. The van der Waals surface area contributed by atoms with Crippen LogP contribution in [0.5, 0.6) is 0 Å². The van der Waals surface area contributed by atoms with Crippen LogP contribution in [0, 0.1) is 0 Å². The van der Waals surface area contributed by atoms with Gasteiger partial charge in [0.05, 0.1) is 0 Å². The quantitative estimate of drug-likeness (QED) is 0.757. The number of hydrogen-bond donors (Lipinski definition) is 2. The van der Waals surface area contributed by atoms with Crippen LogP contribution in [0.2, 0.25) is 0 Å². The Morgan fingerprint density at radius 1 is 1.33 bits per heavy atom. The number of carboxylic acid groups (broad SMARTS) is 1. The second kappa shape index (κ2) is 8.09. The fourth-order valence-electron chi connectivity index (χ4n) is 1.95. The van der Waals surface area contributed by atoms with Gasteiger partial charge in [-0.15, -0.1) is 6.58 Å². The van der Waals surface area contributed by atoms with Crippen molar-refractivity contribution in [2.45, 2.75) is 32.4 Å². The van der Waals surface area contributed by atoms with E-state index in [-0.39, 0.29) is 12.5 Å². The molecule has 5 heteroatoms. The molecule has 1 atom stereocenters. The zero-order valence-corrected chi connectivity index (χ0v) is 12.5. The lowest BCUT2D eigenvalue weighted by Crippen LogP contribution is -2.50. The van der Waals surface area contributed by atoms with Crippen molar-refractivity contribution < 1.29 is 14.7 Å². The third kappa shape index (κ3) is 5.30. The molecule has 2 N–H and O–H groups in total. The molecule has 0 radical (unpaired) electrons. The summed E-state index contributed by atoms with van der Waals surface area (Å²) < 4.78 is 0. The minimum Gasteiger partial charge on any atom is -0.480 e. The van der Waals surface area contributed by atoms with Crippen molar-refractivity contribution in [3.05, 3.63) is 48.6 Å². The van der Waals surface area contributed by atoms with Crippen LogP contribution in [-0.4, -0.2) is 40.6 Å². The SMILES string of the molecule is C=CCN(C(=O)NC(Cc1ccccc1)C(=O)O)C(C)C. The standard InChI is InChI=1S/C16H22N2O3/c1-4-10-18(12(2)3)16(21)17-14(15(19)20)11-13-8-6-5-7-9-13/h4-9,12,14H,1,10-11H2,2-3H3,(H,17,21)(H,19,20). The second-order valence-electron chi connectivity index (χ2n) is 5.06. The van der Waals surface area contributed by atoms with E-state index in [9.17, 15) is 14.7 Å². The average Bonchev–Trinajstić information content (AvgIpc) is 2.44. The molecule has 0 aliphatic carbocycles. The highest BCUT2D eigenvalue weighted by atomic mass is 16.4. The van der Waals surface area contributed by atoms with Crippen molar-refractivity contribution in [2.75, 3.05) is 6.54 Å². The van der Waals surface area contributed by atoms with E-state index in [1.54, 1.807) is 6.08 Å². The molecule has 0 saturated heterocycles. The van der Waals surface area contributed by atoms with Gasteiger partial charge in [-0.2, -0.15) is 0 Å². The molecular weight excluding hydrogens is 268 g/mol. The van der Waals surface area contributed by atoms with E-state index in [0.717, 1.165) is 5.56 Å². The molecule has 5 nitrogen and oxygen atoms in total. The number of nitrogens with one attached hydrogen (secondary N) is 1. The molecule has 0 aliphatic heterocycles. The molecular formula is C16H22N2O3. The van der Waals surface area contributed by atoms with E-state index in [4.69, 9.17) is 0 Å². The number of nitrogens with zero attached hydrogens (tertiary/aromatic N) is 1. The number of aliphatic carboxylic acids is 1. The summed E-state index contributed by atoms with van der Waals surface area (Å²) in [5.41, 5.74) is 0.866. The van der Waals surface area contributed by atoms with Gasteiger partial charge < -0.3 is 15.3 Å². The van der Waals surface area contributed by atoms with Crippen LogP contribution in [0.25, 0.3) is 0 Å². The maximum absolute atomic E-state index is 12.2. The molecule has 0 heterocycles. The van der Waals surface area contributed by atoms with Gasteiger partial charge in [0.1, 0.15) is 6.04 Å². The first-order valence-electron chi connectivity index (χ1n) is 6.90. The largest absolute Gasteiger partial charge is 0.480 e. The molecule has 0 fully saturated rings. The minimum absolute atomic E-state index is 0.0332. The Kier molecular flexibility index (Phi) is 6.46. The first-order chi connectivity index (χ1) is 9.95. The van der Waals surface area contributed by atoms with E-state index in [1.807, 2.05) is 44.2 Å². The van der Waals surface area contributed by atoms with E-state index < -0.39 is 18.0 Å². The first-order valence-corrected chi connectivity index (χ1v) is 6.90. The van der Waals surface area contributed by atoms with Crippen molar-refractivity contribution in [3.8, 4) is 0 Å². The molecule has 1 unspecified atom stereocenters. The zero-order valence-electron chi connectivity index (χ0n) is 12.5. The molecule has 0 bridgehead atoms. The fraction of sp³-hybridized carbons (Fsp3) is 0.375. The molecule has 0 saturated carbocycles. The lowest BCUT2D eigenvalue weighted by atomic mass is 10.1. The Bertz CT molecular complexity index is 486. The number of urea groups is 1. The maximum Gasteiger partial charge on any atom is 0.326 e. The van der Waals surface area contributed by atoms with E-state index in [2.05, 4.69) is 11.9 Å². The number of carbonyl (C=O) groups is 2. The molecule has 114 valence electrons. The molecule has 0 spiro atoms. The van der Waals surface area contributed by atoms with Crippen LogP contribution in [0.1, 0.15) is 19.4 Å². The fourth-order valence-corrected chi connectivity index (χ4v) is 1.95. The number of carboxylic acids is 1. The van der Waals surface area contributed by atoms with E-state index in [1.165, 1.54) is 4.90 Å². The van der Waals surface area contributed by atoms with Crippen molar-refractivity contribution in [1.82, 2.24) is 10.2 Å². The summed E-state index contributed by atoms with van der Waals surface area (Å²) in [5.74, 6) is -1.05. The topological polar surface area (TPSA) is 69.6 Å². The van der Waals surface area contributed by atoms with Gasteiger partial charge in [-0.05, 0) is 19.4 Å². The zero-order chi connectivity index (χ0) is 15.8. The summed E-state index contributed by atoms with van der Waals surface area (Å²) in [6.07, 6.45) is 1.87. The lowest BCUT2D eigenvalue weighted by molar-refractivity contribution is -0.139. The van der Waals surface area contributed by atoms with Crippen molar-refractivity contribution in [2.24, 2.45) is 0 Å². The van der Waals surface area contributed by atoms with Crippen LogP contribution in [-0.2, 0) is 11.2 Å². The van der Waals surface area contributed by atoms with Gasteiger partial charge in [0.2, 0.25) is 0 Å². The highest BCUT2D eigenvalue weighted by molar-refractivity contribution is 5.83. The van der Waals surface area contributed by atoms with Crippen LogP contribution >= 0.6 is 0 Å². The van der Waals surface area contributed by atoms with Gasteiger partial charge >= 0.3 is 12.0 Å². The number of carbonyl (C=O) groups excluding carboxylic acids is 1. The highest BCUT2D eigenvalue weighted by Crippen LogP contribution is 2.05. The molecule has 2 amide bonds. The van der Waals surface area contributed by atoms with Crippen molar-refractivity contribution in [3.63, 3.8) is 0 Å². The minimum atomic E-state index is -1.05. The predicted octanol–water partition coefficient (Wildman–Crippen LogP) is 2.29. The first kappa shape index (κ1) is 16.8. The van der Waals surface area contributed by atoms with Gasteiger partial charge in [0.15, 0.2) is 0 Å². The third-order valence-electron chi connectivity index (χ3n) is 3.09. The van der Waals surface area contributed by atoms with Crippen LogP contribution in [0.15, 0.2) is 43.0 Å². The lowest BCUT2D eigenvalue weighted by Gasteiger charge is -2.27. The molecule has 0 aliphatic rings. The Morgan fingerprint density at radius 3 is 2.43 bits per heavy atom. The van der Waals surface area contributed by atoms with Crippen LogP contribution < -0.4 is 5.32 Å². The smallest absolute Gasteiger partial charge is 0.326 e. The third-order valence-corrected chi connectivity index (χ3v) is 3.09. The number of hydrogen-bond acceptors (Lipinski definition) is 2. The highest BCUT2D eigenvalue weighted by Gasteiger charge is 2.24. The Balaban J connectivity index is 2.76. The van der Waals surface area contributed by atoms with E-state index in [0.29, 0.717) is 6.54 Å². The summed E-state index contributed by atoms with van der Waals surface area (Å²) in [6.45, 7) is 7.73. The number of benzene rings is 1. The van der Waals surface area contributed by atoms with Crippen molar-refractivity contribution in [1.29, 1.82) is 0 Å². The van der Waals surface area contributed by atoms with Gasteiger partial charge in [-0.3, -0.25) is 0 Å². The Morgan fingerprint density at radius 2 is 1.95 bits per heavy atom. The van der Waals surface area contributed by atoms with Gasteiger partial charge in [0.25, 0.3) is 0 Å². The summed E-state index contributed by atoms with van der Waals surface area (Å²) in [6, 6.07) is 7.84. The average molecular weight is 290 g/mol.